The monoisotopic (exact) mass is 276 g/mol. The quantitative estimate of drug-likeness (QED) is 0.863. The number of carboxylic acid groups (broad SMARTS) is 1. The van der Waals surface area contributed by atoms with E-state index < -0.39 is 5.97 Å². The van der Waals surface area contributed by atoms with Crippen molar-refractivity contribution in [2.24, 2.45) is 0 Å². The van der Waals surface area contributed by atoms with Gasteiger partial charge in [0.2, 0.25) is 0 Å². The molecule has 0 aromatic heterocycles. The maximum Gasteiger partial charge on any atom is 0.304 e. The van der Waals surface area contributed by atoms with Crippen LogP contribution in [0.3, 0.4) is 0 Å². The Morgan fingerprint density at radius 1 is 1.30 bits per heavy atom. The van der Waals surface area contributed by atoms with Crippen molar-refractivity contribution in [3.8, 4) is 0 Å². The highest BCUT2D eigenvalue weighted by atomic mass is 16.4. The van der Waals surface area contributed by atoms with E-state index in [1.807, 2.05) is 13.1 Å². The first kappa shape index (κ1) is 15.0. The van der Waals surface area contributed by atoms with E-state index in [-0.39, 0.29) is 6.42 Å². The van der Waals surface area contributed by atoms with Gasteiger partial charge in [0, 0.05) is 19.1 Å². The highest BCUT2D eigenvalue weighted by Crippen LogP contribution is 2.17. The molecule has 0 spiro atoms. The summed E-state index contributed by atoms with van der Waals surface area (Å²) in [6, 6.07) is 11.1. The molecule has 1 aromatic carbocycles. The molecule has 1 saturated heterocycles. The van der Waals surface area contributed by atoms with Crippen LogP contribution in [0.1, 0.15) is 24.8 Å². The summed E-state index contributed by atoms with van der Waals surface area (Å²) < 4.78 is 0. The minimum atomic E-state index is -0.710. The Bertz CT molecular complexity index is 414. The van der Waals surface area contributed by atoms with Crippen LogP contribution in [0.4, 0.5) is 0 Å². The van der Waals surface area contributed by atoms with Crippen LogP contribution in [-0.4, -0.2) is 53.6 Å². The molecule has 0 amide bonds. The standard InChI is InChI=1S/C16H24N2O2/c1-17(10-9-16(19)20)15-7-11-18(12-8-15)13-14-5-3-2-4-6-14/h2-6,15H,7-13H2,1H3,(H,19,20). The molecule has 20 heavy (non-hydrogen) atoms. The van der Waals surface area contributed by atoms with Gasteiger partial charge in [-0.15, -0.1) is 0 Å². The molecule has 0 radical (unpaired) electrons. The lowest BCUT2D eigenvalue weighted by Gasteiger charge is -2.36. The molecular formula is C16H24N2O2. The summed E-state index contributed by atoms with van der Waals surface area (Å²) in [4.78, 5) is 15.3. The first-order valence-electron chi connectivity index (χ1n) is 7.33. The number of carboxylic acids is 1. The van der Waals surface area contributed by atoms with Crippen LogP contribution in [0.5, 0.6) is 0 Å². The number of benzene rings is 1. The van der Waals surface area contributed by atoms with Gasteiger partial charge in [0.25, 0.3) is 0 Å². The Hall–Kier alpha value is -1.39. The van der Waals surface area contributed by atoms with Crippen LogP contribution in [-0.2, 0) is 11.3 Å². The molecule has 0 saturated carbocycles. The molecule has 110 valence electrons. The molecule has 1 aromatic rings. The zero-order valence-corrected chi connectivity index (χ0v) is 12.2. The fraction of sp³-hybridized carbons (Fsp3) is 0.562. The van der Waals surface area contributed by atoms with Crippen LogP contribution in [0, 0.1) is 0 Å². The summed E-state index contributed by atoms with van der Waals surface area (Å²) in [5, 5.41) is 8.73. The molecule has 4 heteroatoms. The van der Waals surface area contributed by atoms with Gasteiger partial charge < -0.3 is 10.0 Å². The van der Waals surface area contributed by atoms with E-state index in [1.54, 1.807) is 0 Å². The molecule has 1 heterocycles. The minimum absolute atomic E-state index is 0.237. The smallest absolute Gasteiger partial charge is 0.304 e. The van der Waals surface area contributed by atoms with Gasteiger partial charge in [-0.1, -0.05) is 30.3 Å². The third kappa shape index (κ3) is 4.62. The van der Waals surface area contributed by atoms with Crippen molar-refractivity contribution in [2.45, 2.75) is 31.8 Å². The normalized spacial score (nSPS) is 17.5. The fourth-order valence-electron chi connectivity index (χ4n) is 2.81. The van der Waals surface area contributed by atoms with Crippen molar-refractivity contribution in [3.63, 3.8) is 0 Å². The number of likely N-dealkylation sites (tertiary alicyclic amines) is 1. The summed E-state index contributed by atoms with van der Waals surface area (Å²) in [5.74, 6) is -0.710. The van der Waals surface area contributed by atoms with Crippen molar-refractivity contribution < 1.29 is 9.90 Å². The van der Waals surface area contributed by atoms with E-state index in [0.717, 1.165) is 32.5 Å². The minimum Gasteiger partial charge on any atom is -0.481 e. The third-order valence-corrected chi connectivity index (χ3v) is 4.11. The Morgan fingerprint density at radius 3 is 2.55 bits per heavy atom. The largest absolute Gasteiger partial charge is 0.481 e. The second kappa shape index (κ2) is 7.41. The predicted octanol–water partition coefficient (Wildman–Crippen LogP) is 2.06. The van der Waals surface area contributed by atoms with Crippen LogP contribution >= 0.6 is 0 Å². The number of hydrogen-bond acceptors (Lipinski definition) is 3. The number of nitrogens with zero attached hydrogens (tertiary/aromatic N) is 2. The van der Waals surface area contributed by atoms with Gasteiger partial charge in [0.15, 0.2) is 0 Å². The van der Waals surface area contributed by atoms with Crippen LogP contribution < -0.4 is 0 Å². The Labute approximate surface area is 121 Å². The lowest BCUT2D eigenvalue weighted by atomic mass is 10.0. The first-order chi connectivity index (χ1) is 9.65. The average Bonchev–Trinajstić information content (AvgIpc) is 2.46. The molecule has 1 fully saturated rings. The summed E-state index contributed by atoms with van der Waals surface area (Å²) in [7, 11) is 2.04. The maximum absolute atomic E-state index is 10.6. The summed E-state index contributed by atoms with van der Waals surface area (Å²) in [5.41, 5.74) is 1.37. The van der Waals surface area contributed by atoms with Crippen LogP contribution in [0.15, 0.2) is 30.3 Å². The van der Waals surface area contributed by atoms with Gasteiger partial charge in [-0.25, -0.2) is 0 Å². The van der Waals surface area contributed by atoms with E-state index >= 15 is 0 Å². The summed E-state index contributed by atoms with van der Waals surface area (Å²) in [6.45, 7) is 3.86. The number of piperidine rings is 1. The molecule has 1 aliphatic heterocycles. The van der Waals surface area contributed by atoms with E-state index in [9.17, 15) is 4.79 Å². The predicted molar refractivity (Wildman–Crippen MR) is 79.6 cm³/mol. The number of carbonyl (C=O) groups is 1. The van der Waals surface area contributed by atoms with Crippen molar-refractivity contribution in [1.82, 2.24) is 9.80 Å². The van der Waals surface area contributed by atoms with E-state index in [4.69, 9.17) is 5.11 Å². The van der Waals surface area contributed by atoms with Crippen molar-refractivity contribution in [2.75, 3.05) is 26.7 Å². The van der Waals surface area contributed by atoms with Gasteiger partial charge in [-0.05, 0) is 38.5 Å². The van der Waals surface area contributed by atoms with Gasteiger partial charge in [-0.2, -0.15) is 0 Å². The lowest BCUT2D eigenvalue weighted by molar-refractivity contribution is -0.137. The molecule has 4 nitrogen and oxygen atoms in total. The van der Waals surface area contributed by atoms with E-state index in [0.29, 0.717) is 12.6 Å². The first-order valence-corrected chi connectivity index (χ1v) is 7.33. The zero-order valence-electron chi connectivity index (χ0n) is 12.2. The van der Waals surface area contributed by atoms with Crippen molar-refractivity contribution in [1.29, 1.82) is 0 Å². The number of aliphatic carboxylic acids is 1. The topological polar surface area (TPSA) is 43.8 Å². The molecule has 0 aliphatic carbocycles. The van der Waals surface area contributed by atoms with E-state index in [2.05, 4.69) is 34.1 Å². The lowest BCUT2D eigenvalue weighted by Crippen LogP contribution is -2.43. The van der Waals surface area contributed by atoms with Gasteiger partial charge in [0.1, 0.15) is 0 Å². The highest BCUT2D eigenvalue weighted by molar-refractivity contribution is 5.66. The fourth-order valence-corrected chi connectivity index (χ4v) is 2.81. The molecule has 0 unspecified atom stereocenters. The van der Waals surface area contributed by atoms with Gasteiger partial charge in [-0.3, -0.25) is 9.69 Å². The molecule has 1 N–H and O–H groups in total. The Balaban J connectivity index is 1.73. The second-order valence-electron chi connectivity index (χ2n) is 5.62. The highest BCUT2D eigenvalue weighted by Gasteiger charge is 2.22. The molecular weight excluding hydrogens is 252 g/mol. The molecule has 0 bridgehead atoms. The van der Waals surface area contributed by atoms with Crippen molar-refractivity contribution >= 4 is 5.97 Å². The van der Waals surface area contributed by atoms with Crippen molar-refractivity contribution in [3.05, 3.63) is 35.9 Å². The number of hydrogen-bond donors (Lipinski definition) is 1. The molecule has 2 rings (SSSR count). The van der Waals surface area contributed by atoms with Crippen LogP contribution in [0.25, 0.3) is 0 Å². The zero-order chi connectivity index (χ0) is 14.4. The number of rotatable bonds is 6. The third-order valence-electron chi connectivity index (χ3n) is 4.11. The second-order valence-corrected chi connectivity index (χ2v) is 5.62. The maximum atomic E-state index is 10.6. The Morgan fingerprint density at radius 2 is 1.95 bits per heavy atom. The molecule has 1 aliphatic rings. The summed E-state index contributed by atoms with van der Waals surface area (Å²) >= 11 is 0. The Kier molecular flexibility index (Phi) is 5.56. The SMILES string of the molecule is CN(CCC(=O)O)C1CCN(Cc2ccccc2)CC1. The van der Waals surface area contributed by atoms with Gasteiger partial charge in [0.05, 0.1) is 6.42 Å². The average molecular weight is 276 g/mol. The van der Waals surface area contributed by atoms with Gasteiger partial charge >= 0.3 is 5.97 Å². The van der Waals surface area contributed by atoms with E-state index in [1.165, 1.54) is 5.56 Å². The van der Waals surface area contributed by atoms with Crippen LogP contribution in [0.2, 0.25) is 0 Å². The molecule has 0 atom stereocenters. The summed E-state index contributed by atoms with van der Waals surface area (Å²) in [6.07, 6.45) is 2.49.